The van der Waals surface area contributed by atoms with E-state index in [2.05, 4.69) is 4.90 Å². The standard InChI is InChI=1S/C11H19NO2/c1-11(2,3)14-10(13)9-8-5-4-6-12(9)7-8/h8-9H,4-7H2,1-3H3. The van der Waals surface area contributed by atoms with Gasteiger partial charge in [-0.15, -0.1) is 0 Å². The molecule has 3 rings (SSSR count). The Balaban J connectivity index is 1.93. The van der Waals surface area contributed by atoms with Gasteiger partial charge < -0.3 is 4.74 Å². The number of carbonyl (C=O) groups excluding carboxylic acids is 1. The fraction of sp³-hybridized carbons (Fsp3) is 0.909. The Labute approximate surface area is 85.4 Å². The zero-order valence-corrected chi connectivity index (χ0v) is 9.25. The third-order valence-corrected chi connectivity index (χ3v) is 2.98. The van der Waals surface area contributed by atoms with Gasteiger partial charge in [-0.05, 0) is 46.1 Å². The molecule has 0 spiro atoms. The molecule has 0 amide bonds. The molecule has 0 radical (unpaired) electrons. The lowest BCUT2D eigenvalue weighted by atomic mass is 9.80. The quantitative estimate of drug-likeness (QED) is 0.595. The lowest BCUT2D eigenvalue weighted by Gasteiger charge is -2.51. The molecule has 0 aliphatic carbocycles. The molecule has 80 valence electrons. The Kier molecular flexibility index (Phi) is 2.30. The summed E-state index contributed by atoms with van der Waals surface area (Å²) in [7, 11) is 0. The number of carbonyl (C=O) groups is 1. The van der Waals surface area contributed by atoms with E-state index >= 15 is 0 Å². The highest BCUT2D eigenvalue weighted by Crippen LogP contribution is 2.35. The smallest absolute Gasteiger partial charge is 0.324 e. The second kappa shape index (κ2) is 3.23. The second-order valence-electron chi connectivity index (χ2n) is 5.38. The maximum Gasteiger partial charge on any atom is 0.324 e. The number of esters is 1. The highest BCUT2D eigenvalue weighted by molar-refractivity contribution is 5.78. The van der Waals surface area contributed by atoms with Gasteiger partial charge in [0.1, 0.15) is 11.6 Å². The van der Waals surface area contributed by atoms with E-state index in [1.807, 2.05) is 20.8 Å². The fourth-order valence-electron chi connectivity index (χ4n) is 2.41. The normalized spacial score (nSPS) is 36.1. The van der Waals surface area contributed by atoms with E-state index in [1.54, 1.807) is 0 Å². The first-order valence-electron chi connectivity index (χ1n) is 5.44. The lowest BCUT2D eigenvalue weighted by Crippen LogP contribution is -2.64. The van der Waals surface area contributed by atoms with Gasteiger partial charge in [-0.3, -0.25) is 9.69 Å². The van der Waals surface area contributed by atoms with Gasteiger partial charge in [0, 0.05) is 6.54 Å². The number of hydrogen-bond acceptors (Lipinski definition) is 3. The maximum absolute atomic E-state index is 11.8. The molecule has 3 nitrogen and oxygen atoms in total. The number of hydrogen-bond donors (Lipinski definition) is 0. The van der Waals surface area contributed by atoms with Crippen molar-refractivity contribution in [2.45, 2.75) is 45.3 Å². The Hall–Kier alpha value is -0.570. The van der Waals surface area contributed by atoms with Crippen LogP contribution in [-0.2, 0) is 9.53 Å². The molecule has 3 aliphatic heterocycles. The summed E-state index contributed by atoms with van der Waals surface area (Å²) in [5.41, 5.74) is -0.345. The molecule has 0 aromatic heterocycles. The summed E-state index contributed by atoms with van der Waals surface area (Å²) in [6.07, 6.45) is 2.43. The van der Waals surface area contributed by atoms with Gasteiger partial charge in [0.05, 0.1) is 0 Å². The number of nitrogens with zero attached hydrogens (tertiary/aromatic N) is 1. The highest BCUT2D eigenvalue weighted by atomic mass is 16.6. The van der Waals surface area contributed by atoms with E-state index in [9.17, 15) is 4.79 Å². The van der Waals surface area contributed by atoms with Gasteiger partial charge in [-0.25, -0.2) is 0 Å². The first kappa shape index (κ1) is 9.97. The van der Waals surface area contributed by atoms with Crippen LogP contribution in [-0.4, -0.2) is 35.6 Å². The van der Waals surface area contributed by atoms with E-state index in [-0.39, 0.29) is 17.6 Å². The van der Waals surface area contributed by atoms with E-state index in [1.165, 1.54) is 12.8 Å². The Morgan fingerprint density at radius 2 is 2.14 bits per heavy atom. The third-order valence-electron chi connectivity index (χ3n) is 2.98. The maximum atomic E-state index is 11.8. The molecular weight excluding hydrogens is 178 g/mol. The monoisotopic (exact) mass is 197 g/mol. The van der Waals surface area contributed by atoms with E-state index in [4.69, 9.17) is 4.74 Å². The average molecular weight is 197 g/mol. The minimum absolute atomic E-state index is 0.0200. The molecule has 2 bridgehead atoms. The van der Waals surface area contributed by atoms with Gasteiger partial charge in [-0.2, -0.15) is 0 Å². The molecule has 3 heteroatoms. The topological polar surface area (TPSA) is 29.5 Å². The molecular formula is C11H19NO2. The molecule has 3 aliphatic rings. The summed E-state index contributed by atoms with van der Waals surface area (Å²) in [5.74, 6) is 0.548. The Morgan fingerprint density at radius 3 is 2.57 bits per heavy atom. The minimum atomic E-state index is -0.345. The lowest BCUT2D eigenvalue weighted by molar-refractivity contribution is -0.175. The first-order chi connectivity index (χ1) is 6.47. The molecule has 3 saturated heterocycles. The second-order valence-corrected chi connectivity index (χ2v) is 5.38. The van der Waals surface area contributed by atoms with Crippen molar-refractivity contribution in [3.8, 4) is 0 Å². The van der Waals surface area contributed by atoms with Crippen molar-refractivity contribution in [2.24, 2.45) is 5.92 Å². The van der Waals surface area contributed by atoms with Crippen LogP contribution in [0.2, 0.25) is 0 Å². The molecule has 3 heterocycles. The van der Waals surface area contributed by atoms with Crippen LogP contribution in [0.25, 0.3) is 0 Å². The van der Waals surface area contributed by atoms with Crippen molar-refractivity contribution in [1.82, 2.24) is 4.90 Å². The van der Waals surface area contributed by atoms with E-state index in [0.717, 1.165) is 13.1 Å². The molecule has 0 aromatic carbocycles. The summed E-state index contributed by atoms with van der Waals surface area (Å²) < 4.78 is 5.40. The third kappa shape index (κ3) is 1.78. The molecule has 3 atom stereocenters. The molecule has 0 aromatic rings. The minimum Gasteiger partial charge on any atom is -0.459 e. The van der Waals surface area contributed by atoms with Crippen molar-refractivity contribution in [3.05, 3.63) is 0 Å². The van der Waals surface area contributed by atoms with Crippen LogP contribution in [0.15, 0.2) is 0 Å². The molecule has 0 N–H and O–H groups in total. The van der Waals surface area contributed by atoms with Gasteiger partial charge in [0.2, 0.25) is 0 Å². The highest BCUT2D eigenvalue weighted by Gasteiger charge is 2.47. The number of rotatable bonds is 1. The van der Waals surface area contributed by atoms with Crippen LogP contribution in [0.3, 0.4) is 0 Å². The predicted molar refractivity (Wildman–Crippen MR) is 53.9 cm³/mol. The summed E-state index contributed by atoms with van der Waals surface area (Å²) in [5, 5.41) is 0. The molecule has 14 heavy (non-hydrogen) atoms. The Morgan fingerprint density at radius 1 is 1.43 bits per heavy atom. The van der Waals surface area contributed by atoms with Crippen molar-refractivity contribution in [1.29, 1.82) is 0 Å². The SMILES string of the molecule is CC(C)(C)OC(=O)C1C2CCCN1C2. The molecule has 0 saturated carbocycles. The van der Waals surface area contributed by atoms with Crippen LogP contribution in [0.1, 0.15) is 33.6 Å². The van der Waals surface area contributed by atoms with Crippen LogP contribution in [0.5, 0.6) is 0 Å². The molecule has 3 fully saturated rings. The number of piperidine rings is 2. The molecule has 3 unspecified atom stereocenters. The van der Waals surface area contributed by atoms with Crippen LogP contribution in [0.4, 0.5) is 0 Å². The average Bonchev–Trinajstić information content (AvgIpc) is 2.01. The van der Waals surface area contributed by atoms with Crippen molar-refractivity contribution >= 4 is 5.97 Å². The predicted octanol–water partition coefficient (Wildman–Crippen LogP) is 1.42. The van der Waals surface area contributed by atoms with Gasteiger partial charge in [-0.1, -0.05) is 0 Å². The van der Waals surface area contributed by atoms with Crippen LogP contribution in [0, 0.1) is 5.92 Å². The van der Waals surface area contributed by atoms with E-state index in [0.29, 0.717) is 5.92 Å². The summed E-state index contributed by atoms with van der Waals surface area (Å²) in [6, 6.07) is 0.0722. The first-order valence-corrected chi connectivity index (χ1v) is 5.44. The van der Waals surface area contributed by atoms with Gasteiger partial charge in [0.25, 0.3) is 0 Å². The van der Waals surface area contributed by atoms with Crippen LogP contribution < -0.4 is 0 Å². The van der Waals surface area contributed by atoms with Crippen molar-refractivity contribution in [3.63, 3.8) is 0 Å². The van der Waals surface area contributed by atoms with E-state index < -0.39 is 0 Å². The summed E-state index contributed by atoms with van der Waals surface area (Å²) in [6.45, 7) is 7.95. The van der Waals surface area contributed by atoms with Crippen molar-refractivity contribution < 1.29 is 9.53 Å². The van der Waals surface area contributed by atoms with Gasteiger partial charge >= 0.3 is 5.97 Å². The summed E-state index contributed by atoms with van der Waals surface area (Å²) in [4.78, 5) is 14.0. The number of fused-ring (bicyclic) bond motifs is 2. The zero-order chi connectivity index (χ0) is 10.3. The van der Waals surface area contributed by atoms with Crippen LogP contribution >= 0.6 is 0 Å². The van der Waals surface area contributed by atoms with Crippen molar-refractivity contribution in [2.75, 3.05) is 13.1 Å². The largest absolute Gasteiger partial charge is 0.459 e. The Bertz CT molecular complexity index is 230. The zero-order valence-electron chi connectivity index (χ0n) is 9.25. The number of ether oxygens (including phenoxy) is 1. The van der Waals surface area contributed by atoms with Gasteiger partial charge in [0.15, 0.2) is 0 Å². The summed E-state index contributed by atoms with van der Waals surface area (Å²) >= 11 is 0. The fourth-order valence-corrected chi connectivity index (χ4v) is 2.41.